The molecule has 1 N–H and O–H groups in total. The van der Waals surface area contributed by atoms with Crippen LogP contribution in [0.5, 0.6) is 5.75 Å². The monoisotopic (exact) mass is 459 g/mol. The van der Waals surface area contributed by atoms with E-state index in [2.05, 4.69) is 17.1 Å². The molecule has 0 aromatic heterocycles. The van der Waals surface area contributed by atoms with Gasteiger partial charge in [-0.25, -0.2) is 8.42 Å². The molecule has 1 fully saturated rings. The van der Waals surface area contributed by atoms with Crippen LogP contribution in [0.4, 0.5) is 5.69 Å². The van der Waals surface area contributed by atoms with E-state index in [0.29, 0.717) is 18.0 Å². The number of nitrogens with zero attached hydrogens (tertiary/aromatic N) is 2. The lowest BCUT2D eigenvalue weighted by atomic mass is 9.99. The Labute approximate surface area is 191 Å². The van der Waals surface area contributed by atoms with Crippen molar-refractivity contribution in [3.05, 3.63) is 54.6 Å². The predicted octanol–water partition coefficient (Wildman–Crippen LogP) is 3.13. The minimum Gasteiger partial charge on any atom is -0.497 e. The van der Waals surface area contributed by atoms with E-state index in [4.69, 9.17) is 4.74 Å². The van der Waals surface area contributed by atoms with Gasteiger partial charge in [-0.2, -0.15) is 0 Å². The van der Waals surface area contributed by atoms with E-state index in [-0.39, 0.29) is 17.3 Å². The molecule has 1 heterocycles. The molecule has 1 aliphatic heterocycles. The van der Waals surface area contributed by atoms with Crippen LogP contribution >= 0.6 is 0 Å². The highest BCUT2D eigenvalue weighted by molar-refractivity contribution is 7.92. The fraction of sp³-hybridized carbons (Fsp3) is 0.458. The summed E-state index contributed by atoms with van der Waals surface area (Å²) in [6.45, 7) is 5.68. The van der Waals surface area contributed by atoms with E-state index in [0.717, 1.165) is 36.3 Å². The molecule has 7 nitrogen and oxygen atoms in total. The Balaban J connectivity index is 1.63. The van der Waals surface area contributed by atoms with Gasteiger partial charge in [-0.15, -0.1) is 0 Å². The van der Waals surface area contributed by atoms with Gasteiger partial charge in [0.15, 0.2) is 0 Å². The first-order chi connectivity index (χ1) is 15.4. The summed E-state index contributed by atoms with van der Waals surface area (Å²) in [5, 5.41) is 2.88. The number of amides is 1. The highest BCUT2D eigenvalue weighted by Gasteiger charge is 2.27. The number of carbonyl (C=O) groups is 1. The van der Waals surface area contributed by atoms with Crippen LogP contribution in [0.15, 0.2) is 59.5 Å². The molecule has 1 saturated heterocycles. The third-order valence-corrected chi connectivity index (χ3v) is 7.62. The average molecular weight is 460 g/mol. The largest absolute Gasteiger partial charge is 0.497 e. The summed E-state index contributed by atoms with van der Waals surface area (Å²) in [5.74, 6) is 1.08. The van der Waals surface area contributed by atoms with E-state index in [1.54, 1.807) is 49.6 Å². The number of likely N-dealkylation sites (tertiary alicyclic amines) is 1. The zero-order valence-corrected chi connectivity index (χ0v) is 19.7. The molecule has 174 valence electrons. The lowest BCUT2D eigenvalue weighted by Gasteiger charge is -2.30. The summed E-state index contributed by atoms with van der Waals surface area (Å²) in [4.78, 5) is 15.2. The summed E-state index contributed by atoms with van der Waals surface area (Å²) in [6, 6.07) is 14.8. The Morgan fingerprint density at radius 3 is 2.38 bits per heavy atom. The number of ether oxygens (including phenoxy) is 1. The van der Waals surface area contributed by atoms with Crippen molar-refractivity contribution in [2.75, 3.05) is 44.1 Å². The fourth-order valence-electron chi connectivity index (χ4n) is 3.79. The molecule has 0 bridgehead atoms. The van der Waals surface area contributed by atoms with Crippen LogP contribution < -0.4 is 14.4 Å². The van der Waals surface area contributed by atoms with E-state index in [9.17, 15) is 13.2 Å². The third-order valence-electron chi connectivity index (χ3n) is 5.83. The third kappa shape index (κ3) is 6.46. The number of hydrogen-bond donors (Lipinski definition) is 1. The molecule has 0 saturated carbocycles. The van der Waals surface area contributed by atoms with Crippen molar-refractivity contribution < 1.29 is 17.9 Å². The molecule has 32 heavy (non-hydrogen) atoms. The zero-order chi connectivity index (χ0) is 23.0. The summed E-state index contributed by atoms with van der Waals surface area (Å²) in [7, 11) is -2.35. The lowest BCUT2D eigenvalue weighted by Crippen LogP contribution is -2.41. The number of rotatable bonds is 10. The first-order valence-electron chi connectivity index (χ1n) is 11.1. The van der Waals surface area contributed by atoms with Crippen LogP contribution in [0.25, 0.3) is 0 Å². The molecular weight excluding hydrogens is 426 g/mol. The predicted molar refractivity (Wildman–Crippen MR) is 126 cm³/mol. The van der Waals surface area contributed by atoms with Crippen LogP contribution in [0.2, 0.25) is 0 Å². The molecule has 1 amide bonds. The number of sulfonamides is 1. The summed E-state index contributed by atoms with van der Waals surface area (Å²) in [6.07, 6.45) is 3.29. The topological polar surface area (TPSA) is 79.0 Å². The van der Waals surface area contributed by atoms with Gasteiger partial charge in [0.1, 0.15) is 12.3 Å². The van der Waals surface area contributed by atoms with E-state index in [1.807, 2.05) is 0 Å². The van der Waals surface area contributed by atoms with Crippen LogP contribution in [-0.2, 0) is 14.8 Å². The van der Waals surface area contributed by atoms with Crippen LogP contribution in [0.1, 0.15) is 26.2 Å². The molecule has 3 rings (SSSR count). The van der Waals surface area contributed by atoms with Gasteiger partial charge in [0.2, 0.25) is 5.91 Å². The van der Waals surface area contributed by atoms with E-state index < -0.39 is 10.0 Å². The molecule has 8 heteroatoms. The maximum atomic E-state index is 13.3. The first-order valence-corrected chi connectivity index (χ1v) is 12.5. The molecule has 2 aromatic rings. The lowest BCUT2D eigenvalue weighted by molar-refractivity contribution is -0.119. The average Bonchev–Trinajstić information content (AvgIpc) is 2.82. The van der Waals surface area contributed by atoms with Gasteiger partial charge in [0.05, 0.1) is 17.7 Å². The Bertz CT molecular complexity index is 956. The van der Waals surface area contributed by atoms with Crippen molar-refractivity contribution in [3.8, 4) is 5.75 Å². The van der Waals surface area contributed by atoms with Crippen LogP contribution in [0, 0.1) is 5.92 Å². The summed E-state index contributed by atoms with van der Waals surface area (Å²) < 4.78 is 32.9. The Hall–Kier alpha value is -2.58. The number of methoxy groups -OCH3 is 1. The fourth-order valence-corrected chi connectivity index (χ4v) is 5.23. The van der Waals surface area contributed by atoms with Crippen molar-refractivity contribution in [2.24, 2.45) is 5.92 Å². The first kappa shape index (κ1) is 24.1. The second kappa shape index (κ2) is 11.3. The minimum atomic E-state index is -3.90. The number of benzene rings is 2. The molecule has 0 atom stereocenters. The highest BCUT2D eigenvalue weighted by atomic mass is 32.2. The summed E-state index contributed by atoms with van der Waals surface area (Å²) >= 11 is 0. The smallest absolute Gasteiger partial charge is 0.264 e. The van der Waals surface area contributed by atoms with Gasteiger partial charge in [0, 0.05) is 6.54 Å². The highest BCUT2D eigenvalue weighted by Crippen LogP contribution is 2.25. The SMILES string of the molecule is COc1ccc(N(CC(=O)NCCCN2CCC(C)CC2)S(=O)(=O)c2ccccc2)cc1. The molecule has 1 aliphatic rings. The maximum absolute atomic E-state index is 13.3. The minimum absolute atomic E-state index is 0.142. The molecule has 2 aromatic carbocycles. The number of piperidine rings is 1. The van der Waals surface area contributed by atoms with Gasteiger partial charge in [-0.05, 0) is 81.2 Å². The standard InChI is InChI=1S/C24H33N3O4S/c1-20-13-17-26(18-14-20)16-6-15-25-24(28)19-27(21-9-11-22(31-2)12-10-21)32(29,30)23-7-4-3-5-8-23/h3-5,7-12,20H,6,13-19H2,1-2H3,(H,25,28). The van der Waals surface area contributed by atoms with Crippen LogP contribution in [-0.4, -0.2) is 59.1 Å². The quantitative estimate of drug-likeness (QED) is 0.552. The second-order valence-electron chi connectivity index (χ2n) is 8.25. The maximum Gasteiger partial charge on any atom is 0.264 e. The second-order valence-corrected chi connectivity index (χ2v) is 10.1. The number of nitrogens with one attached hydrogen (secondary N) is 1. The van der Waals surface area contributed by atoms with Crippen molar-refractivity contribution >= 4 is 21.6 Å². The molecule has 0 spiro atoms. The van der Waals surface area contributed by atoms with E-state index in [1.165, 1.54) is 25.0 Å². The number of carbonyl (C=O) groups excluding carboxylic acids is 1. The Morgan fingerprint density at radius 2 is 1.75 bits per heavy atom. The molecule has 0 unspecified atom stereocenters. The number of hydrogen-bond acceptors (Lipinski definition) is 5. The molecule has 0 radical (unpaired) electrons. The van der Waals surface area contributed by atoms with Crippen molar-refractivity contribution in [2.45, 2.75) is 31.1 Å². The van der Waals surface area contributed by atoms with Crippen molar-refractivity contribution in [3.63, 3.8) is 0 Å². The van der Waals surface area contributed by atoms with Gasteiger partial charge >= 0.3 is 0 Å². The van der Waals surface area contributed by atoms with Gasteiger partial charge in [0.25, 0.3) is 10.0 Å². The van der Waals surface area contributed by atoms with Crippen molar-refractivity contribution in [1.82, 2.24) is 10.2 Å². The van der Waals surface area contributed by atoms with Crippen LogP contribution in [0.3, 0.4) is 0 Å². The Kier molecular flexibility index (Phi) is 8.53. The number of anilines is 1. The van der Waals surface area contributed by atoms with Gasteiger partial charge in [-0.3, -0.25) is 9.10 Å². The zero-order valence-electron chi connectivity index (χ0n) is 18.9. The van der Waals surface area contributed by atoms with Crippen molar-refractivity contribution in [1.29, 1.82) is 0 Å². The molecule has 0 aliphatic carbocycles. The van der Waals surface area contributed by atoms with Gasteiger partial charge in [-0.1, -0.05) is 25.1 Å². The van der Waals surface area contributed by atoms with E-state index >= 15 is 0 Å². The normalized spacial score (nSPS) is 15.3. The van der Waals surface area contributed by atoms with Gasteiger partial charge < -0.3 is 15.0 Å². The molecular formula is C24H33N3O4S. The Morgan fingerprint density at radius 1 is 1.09 bits per heavy atom. The summed E-state index contributed by atoms with van der Waals surface area (Å²) in [5.41, 5.74) is 0.409.